The molecule has 3 N–H and O–H groups in total. The Hall–Kier alpha value is -1.50. The van der Waals surface area contributed by atoms with Crippen molar-refractivity contribution >= 4 is 11.9 Å². The number of nitrogens with two attached hydrogens (primary N) is 1. The van der Waals surface area contributed by atoms with E-state index < -0.39 is 11.1 Å². The minimum Gasteiger partial charge on any atom is -0.444 e. The van der Waals surface area contributed by atoms with Gasteiger partial charge in [-0.1, -0.05) is 5.16 Å². The fraction of sp³-hybridized carbons (Fsp3) is 0.846. The molecule has 1 aliphatic rings. The molecule has 0 radical (unpaired) electrons. The molecule has 1 amide bonds. The highest BCUT2D eigenvalue weighted by molar-refractivity contribution is 5.88. The fourth-order valence-electron chi connectivity index (χ4n) is 2.06. The average Bonchev–Trinajstić information content (AvgIpc) is 2.35. The number of ether oxygens (including phenoxy) is 1. The molecule has 1 aliphatic heterocycles. The predicted octanol–water partition coefficient (Wildman–Crippen LogP) is 1.06. The van der Waals surface area contributed by atoms with Gasteiger partial charge in [0.05, 0.1) is 5.54 Å². The van der Waals surface area contributed by atoms with Gasteiger partial charge in [-0.3, -0.25) is 4.90 Å². The third kappa shape index (κ3) is 4.00. The summed E-state index contributed by atoms with van der Waals surface area (Å²) >= 11 is 0. The lowest BCUT2D eigenvalue weighted by Crippen LogP contribution is -2.60. The van der Waals surface area contributed by atoms with Crippen molar-refractivity contribution in [3.63, 3.8) is 0 Å². The van der Waals surface area contributed by atoms with E-state index in [4.69, 9.17) is 15.7 Å². The summed E-state index contributed by atoms with van der Waals surface area (Å²) in [7, 11) is 0. The summed E-state index contributed by atoms with van der Waals surface area (Å²) in [6, 6.07) is 0. The summed E-state index contributed by atoms with van der Waals surface area (Å²) in [6.07, 6.45) is -0.293. The lowest BCUT2D eigenvalue weighted by molar-refractivity contribution is 0.00829. The molecule has 0 aromatic carbocycles. The molecule has 0 aromatic heterocycles. The first-order valence-electron chi connectivity index (χ1n) is 6.79. The molecule has 0 bridgehead atoms. The smallest absolute Gasteiger partial charge is 0.410 e. The molecular formula is C13H26N4O3. The largest absolute Gasteiger partial charge is 0.444 e. The maximum Gasteiger partial charge on any atom is 0.410 e. The molecule has 116 valence electrons. The number of piperazine rings is 1. The van der Waals surface area contributed by atoms with Crippen molar-refractivity contribution in [2.45, 2.75) is 45.8 Å². The maximum absolute atomic E-state index is 12.0. The Morgan fingerprint density at radius 3 is 2.05 bits per heavy atom. The van der Waals surface area contributed by atoms with E-state index in [1.807, 2.05) is 34.6 Å². The van der Waals surface area contributed by atoms with Crippen LogP contribution in [0.25, 0.3) is 0 Å². The monoisotopic (exact) mass is 286 g/mol. The van der Waals surface area contributed by atoms with Crippen LogP contribution in [0.1, 0.15) is 34.6 Å². The molecular weight excluding hydrogens is 260 g/mol. The van der Waals surface area contributed by atoms with Crippen LogP contribution in [0.3, 0.4) is 0 Å². The van der Waals surface area contributed by atoms with Crippen LogP contribution in [0.15, 0.2) is 5.16 Å². The topological polar surface area (TPSA) is 91.4 Å². The first-order valence-corrected chi connectivity index (χ1v) is 6.79. The Labute approximate surface area is 120 Å². The van der Waals surface area contributed by atoms with Gasteiger partial charge in [-0.15, -0.1) is 0 Å². The van der Waals surface area contributed by atoms with Gasteiger partial charge in [0, 0.05) is 26.2 Å². The van der Waals surface area contributed by atoms with Crippen molar-refractivity contribution < 1.29 is 14.7 Å². The van der Waals surface area contributed by atoms with E-state index in [0.29, 0.717) is 26.2 Å². The fourth-order valence-corrected chi connectivity index (χ4v) is 2.06. The van der Waals surface area contributed by atoms with Gasteiger partial charge in [0.25, 0.3) is 0 Å². The Bertz CT molecular complexity index is 380. The van der Waals surface area contributed by atoms with Crippen LogP contribution in [-0.4, -0.2) is 64.3 Å². The van der Waals surface area contributed by atoms with Crippen molar-refractivity contribution in [1.29, 1.82) is 0 Å². The van der Waals surface area contributed by atoms with E-state index >= 15 is 0 Å². The quantitative estimate of drug-likeness (QED) is 0.343. The third-order valence-electron chi connectivity index (χ3n) is 3.46. The zero-order valence-corrected chi connectivity index (χ0v) is 13.0. The highest BCUT2D eigenvalue weighted by atomic mass is 16.6. The number of amidine groups is 1. The Kier molecular flexibility index (Phi) is 4.86. The molecule has 1 heterocycles. The lowest BCUT2D eigenvalue weighted by atomic mass is 10.0. The van der Waals surface area contributed by atoms with Crippen LogP contribution in [-0.2, 0) is 4.74 Å². The number of hydrogen-bond acceptors (Lipinski definition) is 5. The zero-order valence-electron chi connectivity index (χ0n) is 13.0. The van der Waals surface area contributed by atoms with Crippen molar-refractivity contribution in [3.8, 4) is 0 Å². The van der Waals surface area contributed by atoms with Crippen molar-refractivity contribution in [2.24, 2.45) is 10.9 Å². The van der Waals surface area contributed by atoms with Gasteiger partial charge in [-0.2, -0.15) is 0 Å². The number of nitrogens with zero attached hydrogens (tertiary/aromatic N) is 3. The van der Waals surface area contributed by atoms with E-state index in [0.717, 1.165) is 0 Å². The van der Waals surface area contributed by atoms with Crippen LogP contribution >= 0.6 is 0 Å². The van der Waals surface area contributed by atoms with Crippen molar-refractivity contribution in [2.75, 3.05) is 26.2 Å². The zero-order chi connectivity index (χ0) is 15.6. The van der Waals surface area contributed by atoms with Gasteiger partial charge < -0.3 is 20.6 Å². The Balaban J connectivity index is 2.58. The van der Waals surface area contributed by atoms with Crippen molar-refractivity contribution in [3.05, 3.63) is 0 Å². The van der Waals surface area contributed by atoms with E-state index in [1.165, 1.54) is 0 Å². The first kappa shape index (κ1) is 16.6. The van der Waals surface area contributed by atoms with Gasteiger partial charge in [0.1, 0.15) is 5.60 Å². The summed E-state index contributed by atoms with van der Waals surface area (Å²) in [5.41, 5.74) is 4.69. The van der Waals surface area contributed by atoms with Crippen LogP contribution < -0.4 is 5.73 Å². The molecule has 7 nitrogen and oxygen atoms in total. The summed E-state index contributed by atoms with van der Waals surface area (Å²) in [4.78, 5) is 15.7. The van der Waals surface area contributed by atoms with E-state index in [1.54, 1.807) is 4.90 Å². The van der Waals surface area contributed by atoms with Crippen LogP contribution in [0.4, 0.5) is 4.79 Å². The van der Waals surface area contributed by atoms with E-state index in [9.17, 15) is 4.79 Å². The Morgan fingerprint density at radius 2 is 1.65 bits per heavy atom. The molecule has 0 unspecified atom stereocenters. The first-order chi connectivity index (χ1) is 9.08. The molecule has 0 aliphatic carbocycles. The Morgan fingerprint density at radius 1 is 1.15 bits per heavy atom. The number of carbonyl (C=O) groups excluding carboxylic acids is 1. The second-order valence-corrected chi connectivity index (χ2v) is 6.50. The van der Waals surface area contributed by atoms with Gasteiger partial charge in [-0.05, 0) is 34.6 Å². The molecule has 20 heavy (non-hydrogen) atoms. The number of carbonyl (C=O) groups is 1. The summed E-state index contributed by atoms with van der Waals surface area (Å²) in [5, 5.41) is 11.9. The number of rotatable bonds is 2. The molecule has 1 fully saturated rings. The van der Waals surface area contributed by atoms with E-state index in [2.05, 4.69) is 10.1 Å². The van der Waals surface area contributed by atoms with Crippen LogP contribution in [0, 0.1) is 0 Å². The van der Waals surface area contributed by atoms with Gasteiger partial charge in [0.15, 0.2) is 5.84 Å². The minimum atomic E-state index is -0.533. The van der Waals surface area contributed by atoms with Crippen molar-refractivity contribution in [1.82, 2.24) is 9.80 Å². The number of hydrogen-bond donors (Lipinski definition) is 2. The highest BCUT2D eigenvalue weighted by Crippen LogP contribution is 2.18. The highest BCUT2D eigenvalue weighted by Gasteiger charge is 2.35. The molecule has 1 rings (SSSR count). The van der Waals surface area contributed by atoms with Crippen LogP contribution in [0.2, 0.25) is 0 Å². The molecule has 7 heteroatoms. The number of oxime groups is 1. The van der Waals surface area contributed by atoms with Gasteiger partial charge >= 0.3 is 6.09 Å². The second kappa shape index (κ2) is 5.87. The predicted molar refractivity (Wildman–Crippen MR) is 76.9 cm³/mol. The summed E-state index contributed by atoms with van der Waals surface area (Å²) < 4.78 is 5.35. The lowest BCUT2D eigenvalue weighted by Gasteiger charge is -2.43. The molecule has 0 spiro atoms. The molecule has 0 saturated carbocycles. The second-order valence-electron chi connectivity index (χ2n) is 6.50. The average molecular weight is 286 g/mol. The molecule has 0 aromatic rings. The number of amides is 1. The van der Waals surface area contributed by atoms with Gasteiger partial charge in [0.2, 0.25) is 0 Å². The van der Waals surface area contributed by atoms with Crippen LogP contribution in [0.5, 0.6) is 0 Å². The standard InChI is InChI=1S/C13H26N4O3/c1-12(2,3)20-11(18)16-6-8-17(9-7-16)13(4,5)10(14)15-19/h19H,6-9H2,1-5H3,(H2,14,15). The molecule has 0 atom stereocenters. The maximum atomic E-state index is 12.0. The SMILES string of the molecule is CC(C)(C)OC(=O)N1CCN(C(C)(C)C(N)=NO)CC1. The minimum absolute atomic E-state index is 0.170. The summed E-state index contributed by atoms with van der Waals surface area (Å²) in [5.74, 6) is 0.170. The summed E-state index contributed by atoms with van der Waals surface area (Å²) in [6.45, 7) is 11.8. The third-order valence-corrected chi connectivity index (χ3v) is 3.46. The molecule has 1 saturated heterocycles. The van der Waals surface area contributed by atoms with Gasteiger partial charge in [-0.25, -0.2) is 4.79 Å². The van der Waals surface area contributed by atoms with E-state index in [-0.39, 0.29) is 11.9 Å². The normalized spacial score (nSPS) is 19.1.